The van der Waals surface area contributed by atoms with Gasteiger partial charge >= 0.3 is 0 Å². The number of hydrogen-bond acceptors (Lipinski definition) is 5. The van der Waals surface area contributed by atoms with Gasteiger partial charge in [0.25, 0.3) is 5.91 Å². The summed E-state index contributed by atoms with van der Waals surface area (Å²) < 4.78 is 23.1. The molecule has 0 radical (unpaired) electrons. The lowest BCUT2D eigenvalue weighted by Crippen LogP contribution is -2.42. The molecule has 0 aromatic heterocycles. The molecule has 1 N–H and O–H groups in total. The first kappa shape index (κ1) is 31.3. The van der Waals surface area contributed by atoms with Gasteiger partial charge in [0, 0.05) is 40.0 Å². The molecular weight excluding hydrogens is 556 g/mol. The van der Waals surface area contributed by atoms with Crippen LogP contribution in [0.3, 0.4) is 0 Å². The average molecular weight is 599 g/mol. The number of amides is 1. The van der Waals surface area contributed by atoms with Crippen molar-refractivity contribution < 1.29 is 18.8 Å². The Morgan fingerprint density at radius 2 is 2.07 bits per heavy atom. The summed E-state index contributed by atoms with van der Waals surface area (Å²) in [7, 11) is -2.01. The van der Waals surface area contributed by atoms with E-state index in [1.54, 1.807) is 12.1 Å². The van der Waals surface area contributed by atoms with E-state index in [0.717, 1.165) is 49.2 Å². The van der Waals surface area contributed by atoms with Gasteiger partial charge < -0.3 is 14.7 Å². The number of benzene rings is 2. The summed E-state index contributed by atoms with van der Waals surface area (Å²) >= 11 is 6.38. The number of hydrogen-bond donors (Lipinski definition) is 2. The third kappa shape index (κ3) is 8.46. The summed E-state index contributed by atoms with van der Waals surface area (Å²) in [4.78, 5) is 15.5. The zero-order valence-electron chi connectivity index (χ0n) is 24.2. The van der Waals surface area contributed by atoms with Crippen LogP contribution in [0.15, 0.2) is 65.6 Å². The lowest BCUT2D eigenvalue weighted by molar-refractivity contribution is 0.0464. The zero-order chi connectivity index (χ0) is 29.4. The number of thiol groups is 1. The number of carbonyl (C=O) groups excluding carboxylic acids is 1. The highest BCUT2D eigenvalue weighted by atomic mass is 35.5. The number of carbonyl (C=O) groups is 1. The molecule has 8 heteroatoms. The maximum atomic E-state index is 13.2. The molecule has 1 fully saturated rings. The van der Waals surface area contributed by atoms with Gasteiger partial charge in [0.2, 0.25) is 0 Å². The molecule has 0 bridgehead atoms. The molecule has 0 spiro atoms. The number of aryl methyl sites for hydroxylation is 1. The highest BCUT2D eigenvalue weighted by Crippen LogP contribution is 2.41. The number of aliphatic hydroxyl groups excluding tert-OH is 1. The van der Waals surface area contributed by atoms with Gasteiger partial charge in [0.05, 0.1) is 18.4 Å². The summed E-state index contributed by atoms with van der Waals surface area (Å²) in [6, 6.07) is 11.5. The van der Waals surface area contributed by atoms with E-state index < -0.39 is 22.6 Å². The van der Waals surface area contributed by atoms with E-state index in [-0.39, 0.29) is 17.8 Å². The largest absolute Gasteiger partial charge is 0.491 e. The fraction of sp³-hybridized carbons (Fsp3) is 0.485. The van der Waals surface area contributed by atoms with Gasteiger partial charge in [-0.15, -0.1) is 6.58 Å². The Kier molecular flexibility index (Phi) is 11.5. The first-order valence-corrected chi connectivity index (χ1v) is 16.5. The second kappa shape index (κ2) is 15.0. The topological polar surface area (TPSA) is 79.2 Å². The number of allylic oxidation sites excluding steroid dienone is 2. The van der Waals surface area contributed by atoms with Crippen LogP contribution >= 0.6 is 11.6 Å². The number of anilines is 1. The lowest BCUT2D eigenvalue weighted by Gasteiger charge is -2.42. The van der Waals surface area contributed by atoms with Crippen LogP contribution in [0.4, 0.5) is 5.69 Å². The average Bonchev–Trinajstić information content (AvgIpc) is 2.96. The number of rotatable bonds is 9. The molecule has 0 saturated heterocycles. The van der Waals surface area contributed by atoms with Gasteiger partial charge in [-0.1, -0.05) is 42.8 Å². The standard InChI is InChI=1S/C33H43ClN2O4S/c1-4-6-9-23(3)22-41(39)35-33(38)25-13-16-32-30(19-25)36(21-27-12-15-29(27)31(37)5-2)20-26-11-14-28(34)18-24(26)10-7-8-17-40-32/h4-6,11,13-14,16,18-19,23,27,29,31,37,41H,2,7-10,12,15,17,20-22H2,1,3H3/b6-4+/t23-,27-,29+,31-/m0/s1. The Labute approximate surface area is 251 Å². The van der Waals surface area contributed by atoms with E-state index in [4.69, 9.17) is 16.3 Å². The second-order valence-electron chi connectivity index (χ2n) is 11.4. The summed E-state index contributed by atoms with van der Waals surface area (Å²) in [5, 5.41) is 11.2. The Morgan fingerprint density at radius 1 is 1.24 bits per heavy atom. The zero-order valence-corrected chi connectivity index (χ0v) is 25.8. The van der Waals surface area contributed by atoms with Crippen molar-refractivity contribution in [3.05, 3.63) is 82.9 Å². The van der Waals surface area contributed by atoms with Crippen molar-refractivity contribution in [2.75, 3.05) is 23.8 Å². The van der Waals surface area contributed by atoms with E-state index in [9.17, 15) is 14.1 Å². The van der Waals surface area contributed by atoms with Crippen molar-refractivity contribution in [2.45, 2.75) is 65.0 Å². The first-order chi connectivity index (χ1) is 19.8. The SMILES string of the molecule is C=C[C@H](O)[C@@H]1CC[C@H]1CN1Cc2ccc(Cl)cc2CCCCOc2ccc(C(=O)/N=[SH](=O)/C[C@@H](C)C/C=C/C)cc21. The van der Waals surface area contributed by atoms with Crippen molar-refractivity contribution in [3.8, 4) is 5.75 Å². The maximum Gasteiger partial charge on any atom is 0.284 e. The van der Waals surface area contributed by atoms with Gasteiger partial charge in [-0.05, 0) is 105 Å². The molecule has 1 heterocycles. The lowest BCUT2D eigenvalue weighted by atomic mass is 9.70. The molecule has 1 aliphatic carbocycles. The smallest absolute Gasteiger partial charge is 0.284 e. The highest BCUT2D eigenvalue weighted by Gasteiger charge is 2.36. The number of ether oxygens (including phenoxy) is 1. The van der Waals surface area contributed by atoms with Gasteiger partial charge in [0.15, 0.2) is 0 Å². The van der Waals surface area contributed by atoms with Crippen LogP contribution in [0, 0.1) is 17.8 Å². The van der Waals surface area contributed by atoms with E-state index in [1.807, 2.05) is 44.2 Å². The number of nitrogens with zero attached hydrogens (tertiary/aromatic N) is 2. The number of aliphatic hydroxyl groups is 1. The monoisotopic (exact) mass is 598 g/mol. The van der Waals surface area contributed by atoms with Crippen LogP contribution in [-0.4, -0.2) is 40.2 Å². The van der Waals surface area contributed by atoms with Gasteiger partial charge in [-0.3, -0.25) is 9.00 Å². The Hall–Kier alpha value is -2.61. The molecule has 222 valence electrons. The molecular formula is C33H43ClN2O4S. The summed E-state index contributed by atoms with van der Waals surface area (Å²) in [6.45, 7) is 9.64. The van der Waals surface area contributed by atoms with Crippen molar-refractivity contribution in [1.82, 2.24) is 0 Å². The van der Waals surface area contributed by atoms with Crippen molar-refractivity contribution in [3.63, 3.8) is 0 Å². The van der Waals surface area contributed by atoms with Crippen LogP contribution in [0.5, 0.6) is 5.75 Å². The molecule has 5 atom stereocenters. The van der Waals surface area contributed by atoms with E-state index in [1.165, 1.54) is 11.1 Å². The van der Waals surface area contributed by atoms with Crippen LogP contribution in [0.1, 0.15) is 67.4 Å². The van der Waals surface area contributed by atoms with Crippen molar-refractivity contribution in [1.29, 1.82) is 0 Å². The molecule has 1 unspecified atom stereocenters. The Bertz CT molecular complexity index is 1340. The molecule has 2 aromatic rings. The molecule has 2 aliphatic rings. The van der Waals surface area contributed by atoms with Gasteiger partial charge in [-0.2, -0.15) is 4.36 Å². The maximum absolute atomic E-state index is 13.2. The fourth-order valence-electron chi connectivity index (χ4n) is 5.69. The van der Waals surface area contributed by atoms with Crippen LogP contribution in [-0.2, 0) is 23.6 Å². The molecule has 1 amide bonds. The number of halogens is 1. The quantitative estimate of drug-likeness (QED) is 0.239. The molecule has 41 heavy (non-hydrogen) atoms. The summed E-state index contributed by atoms with van der Waals surface area (Å²) in [5.41, 5.74) is 3.60. The Balaban J connectivity index is 1.69. The molecule has 1 saturated carbocycles. The summed E-state index contributed by atoms with van der Waals surface area (Å²) in [5.74, 6) is 1.21. The van der Waals surface area contributed by atoms with Gasteiger partial charge in [-0.25, -0.2) is 0 Å². The van der Waals surface area contributed by atoms with Gasteiger partial charge in [0.1, 0.15) is 5.75 Å². The minimum Gasteiger partial charge on any atom is -0.491 e. The van der Waals surface area contributed by atoms with Crippen LogP contribution in [0.2, 0.25) is 5.02 Å². The van der Waals surface area contributed by atoms with Crippen LogP contribution < -0.4 is 9.64 Å². The second-order valence-corrected chi connectivity index (χ2v) is 13.1. The normalized spacial score (nSPS) is 21.5. The molecule has 4 rings (SSSR count). The van der Waals surface area contributed by atoms with E-state index in [2.05, 4.69) is 28.0 Å². The summed E-state index contributed by atoms with van der Waals surface area (Å²) in [6.07, 6.45) is 10.6. The van der Waals surface area contributed by atoms with E-state index >= 15 is 0 Å². The van der Waals surface area contributed by atoms with Crippen LogP contribution in [0.25, 0.3) is 0 Å². The Morgan fingerprint density at radius 3 is 2.80 bits per heavy atom. The minimum atomic E-state index is -2.01. The molecule has 2 aromatic carbocycles. The predicted octanol–water partition coefficient (Wildman–Crippen LogP) is 7.04. The van der Waals surface area contributed by atoms with E-state index in [0.29, 0.717) is 36.8 Å². The first-order valence-electron chi connectivity index (χ1n) is 14.7. The molecule has 1 aliphatic heterocycles. The van der Waals surface area contributed by atoms with Crippen molar-refractivity contribution >= 4 is 33.8 Å². The number of fused-ring (bicyclic) bond motifs is 2. The highest BCUT2D eigenvalue weighted by molar-refractivity contribution is 7.75. The third-order valence-electron chi connectivity index (χ3n) is 8.23. The third-order valence-corrected chi connectivity index (χ3v) is 9.81. The minimum absolute atomic E-state index is 0.146. The fourth-order valence-corrected chi connectivity index (χ4v) is 6.97. The predicted molar refractivity (Wildman–Crippen MR) is 170 cm³/mol. The van der Waals surface area contributed by atoms with Crippen molar-refractivity contribution in [2.24, 2.45) is 22.1 Å². The molecule has 6 nitrogen and oxygen atoms in total.